The second-order valence-electron chi connectivity index (χ2n) is 9.92. The fourth-order valence-electron chi connectivity index (χ4n) is 6.70. The molecule has 2 aromatic rings. The van der Waals surface area contributed by atoms with Gasteiger partial charge >= 0.3 is 5.97 Å². The first-order valence-corrected chi connectivity index (χ1v) is 10.9. The van der Waals surface area contributed by atoms with Crippen molar-refractivity contribution in [2.24, 2.45) is 17.3 Å². The lowest BCUT2D eigenvalue weighted by Crippen LogP contribution is -2.58. The molecule has 6 heteroatoms. The number of esters is 1. The average Bonchev–Trinajstić information content (AvgIpc) is 3.27. The molecule has 2 aromatic heterocycles. The molecule has 0 amide bonds. The van der Waals surface area contributed by atoms with E-state index >= 15 is 0 Å². The number of rotatable bonds is 6. The maximum atomic E-state index is 13.0. The summed E-state index contributed by atoms with van der Waals surface area (Å²) in [6, 6.07) is 5.60. The Morgan fingerprint density at radius 2 is 1.97 bits per heavy atom. The highest BCUT2D eigenvalue weighted by atomic mass is 16.5. The van der Waals surface area contributed by atoms with Crippen molar-refractivity contribution in [2.45, 2.75) is 64.5 Å². The van der Waals surface area contributed by atoms with Gasteiger partial charge in [0.2, 0.25) is 5.78 Å². The Hall–Kier alpha value is -2.34. The third kappa shape index (κ3) is 3.22. The summed E-state index contributed by atoms with van der Waals surface area (Å²) >= 11 is 0. The van der Waals surface area contributed by atoms with Gasteiger partial charge in [-0.1, -0.05) is 0 Å². The molecular weight excluding hydrogens is 382 g/mol. The minimum Gasteiger partial charge on any atom is -0.467 e. The Morgan fingerprint density at radius 3 is 2.60 bits per heavy atom. The number of aryl methyl sites for hydroxylation is 1. The van der Waals surface area contributed by atoms with Gasteiger partial charge in [-0.2, -0.15) is 0 Å². The summed E-state index contributed by atoms with van der Waals surface area (Å²) in [5, 5.41) is 10.9. The van der Waals surface area contributed by atoms with E-state index in [1.54, 1.807) is 6.26 Å². The standard InChI is InChI=1S/C24H29NO5/c1-15-6-20(16(2)25(15)12-19-4-3-5-29-19)21(26)13-30-22(27)23-8-17-7-18(9-23)11-24(28,10-17)14-23/h3-6,17-18,28H,7-14H2,1-2H3/t17-,18+,23?,24?. The molecular formula is C24H29NO5. The maximum Gasteiger partial charge on any atom is 0.312 e. The predicted octanol–water partition coefficient (Wildman–Crippen LogP) is 3.80. The van der Waals surface area contributed by atoms with Crippen LogP contribution in [0.15, 0.2) is 28.9 Å². The molecule has 4 atom stereocenters. The first kappa shape index (κ1) is 19.6. The van der Waals surface area contributed by atoms with Gasteiger partial charge in [0.1, 0.15) is 5.76 Å². The summed E-state index contributed by atoms with van der Waals surface area (Å²) in [6.45, 7) is 4.16. The molecule has 4 bridgehead atoms. The first-order valence-electron chi connectivity index (χ1n) is 10.9. The zero-order valence-corrected chi connectivity index (χ0v) is 17.6. The second-order valence-corrected chi connectivity index (χ2v) is 9.92. The quantitative estimate of drug-likeness (QED) is 0.578. The largest absolute Gasteiger partial charge is 0.467 e. The molecule has 0 aromatic carbocycles. The van der Waals surface area contributed by atoms with Crippen LogP contribution < -0.4 is 0 Å². The zero-order valence-electron chi connectivity index (χ0n) is 17.6. The van der Waals surface area contributed by atoms with Gasteiger partial charge in [-0.25, -0.2) is 0 Å². The van der Waals surface area contributed by atoms with Gasteiger partial charge in [-0.05, 0) is 82.4 Å². The number of aliphatic hydroxyl groups is 1. The van der Waals surface area contributed by atoms with Crippen molar-refractivity contribution in [3.63, 3.8) is 0 Å². The van der Waals surface area contributed by atoms with Crippen LogP contribution in [0.25, 0.3) is 0 Å². The van der Waals surface area contributed by atoms with Gasteiger partial charge in [0.25, 0.3) is 0 Å². The van der Waals surface area contributed by atoms with Crippen LogP contribution in [-0.2, 0) is 16.1 Å². The Bertz CT molecular complexity index is 972. The van der Waals surface area contributed by atoms with Crippen molar-refractivity contribution in [1.29, 1.82) is 0 Å². The molecule has 1 N–H and O–H groups in total. The molecule has 4 aliphatic carbocycles. The molecule has 4 saturated carbocycles. The lowest BCUT2D eigenvalue weighted by atomic mass is 9.48. The highest BCUT2D eigenvalue weighted by Gasteiger charge is 2.60. The summed E-state index contributed by atoms with van der Waals surface area (Å²) in [4.78, 5) is 25.9. The van der Waals surface area contributed by atoms with Crippen LogP contribution in [0.3, 0.4) is 0 Å². The third-order valence-electron chi connectivity index (χ3n) is 7.57. The van der Waals surface area contributed by atoms with Crippen LogP contribution in [0.2, 0.25) is 0 Å². The van der Waals surface area contributed by atoms with Crippen molar-refractivity contribution in [3.05, 3.63) is 47.2 Å². The Labute approximate surface area is 176 Å². The molecule has 4 aliphatic rings. The van der Waals surface area contributed by atoms with E-state index in [4.69, 9.17) is 9.15 Å². The first-order chi connectivity index (χ1) is 14.3. The number of aromatic nitrogens is 1. The molecule has 6 rings (SSSR count). The number of nitrogens with zero attached hydrogens (tertiary/aromatic N) is 1. The average molecular weight is 411 g/mol. The molecule has 0 spiro atoms. The van der Waals surface area contributed by atoms with E-state index in [-0.39, 0.29) is 18.4 Å². The third-order valence-corrected chi connectivity index (χ3v) is 7.57. The normalized spacial score (nSPS) is 31.8. The molecule has 0 radical (unpaired) electrons. The minimum atomic E-state index is -0.718. The number of furan rings is 1. The number of carbonyl (C=O) groups is 2. The second kappa shape index (κ2) is 6.84. The number of ether oxygens (including phenoxy) is 1. The van der Waals surface area contributed by atoms with Gasteiger partial charge in [0.15, 0.2) is 6.61 Å². The summed E-state index contributed by atoms with van der Waals surface area (Å²) in [5.74, 6) is 1.14. The van der Waals surface area contributed by atoms with Crippen LogP contribution >= 0.6 is 0 Å². The topological polar surface area (TPSA) is 81.7 Å². The van der Waals surface area contributed by atoms with E-state index in [1.807, 2.05) is 36.6 Å². The van der Waals surface area contributed by atoms with Crippen molar-refractivity contribution in [1.82, 2.24) is 4.57 Å². The van der Waals surface area contributed by atoms with Crippen LogP contribution in [-0.4, -0.2) is 33.6 Å². The van der Waals surface area contributed by atoms with E-state index in [1.165, 1.54) is 0 Å². The molecule has 6 nitrogen and oxygen atoms in total. The fraction of sp³-hybridized carbons (Fsp3) is 0.583. The predicted molar refractivity (Wildman–Crippen MR) is 109 cm³/mol. The van der Waals surface area contributed by atoms with Crippen molar-refractivity contribution < 1.29 is 23.8 Å². The van der Waals surface area contributed by atoms with Crippen molar-refractivity contribution >= 4 is 11.8 Å². The van der Waals surface area contributed by atoms with Crippen molar-refractivity contribution in [3.8, 4) is 0 Å². The summed E-state index contributed by atoms with van der Waals surface area (Å²) in [6.07, 6.45) is 6.41. The lowest BCUT2D eigenvalue weighted by Gasteiger charge is -2.58. The van der Waals surface area contributed by atoms with Gasteiger partial charge in [0.05, 0.1) is 23.8 Å². The van der Waals surface area contributed by atoms with E-state index in [0.717, 1.165) is 49.3 Å². The van der Waals surface area contributed by atoms with E-state index in [9.17, 15) is 14.7 Å². The molecule has 4 fully saturated rings. The Balaban J connectivity index is 1.27. The summed E-state index contributed by atoms with van der Waals surface area (Å²) in [5.41, 5.74) is 1.06. The zero-order chi connectivity index (χ0) is 21.1. The van der Waals surface area contributed by atoms with Crippen molar-refractivity contribution in [2.75, 3.05) is 6.61 Å². The van der Waals surface area contributed by atoms with E-state index in [0.29, 0.717) is 30.4 Å². The highest BCUT2D eigenvalue weighted by molar-refractivity contribution is 5.99. The molecule has 0 aliphatic heterocycles. The monoisotopic (exact) mass is 411 g/mol. The molecule has 2 unspecified atom stereocenters. The number of ketones is 1. The Morgan fingerprint density at radius 1 is 1.23 bits per heavy atom. The molecule has 30 heavy (non-hydrogen) atoms. The van der Waals surface area contributed by atoms with Gasteiger partial charge in [-0.15, -0.1) is 0 Å². The molecule has 2 heterocycles. The number of hydrogen-bond donors (Lipinski definition) is 1. The smallest absolute Gasteiger partial charge is 0.312 e. The minimum absolute atomic E-state index is 0.189. The van der Waals surface area contributed by atoms with Gasteiger partial charge in [0, 0.05) is 17.0 Å². The van der Waals surface area contributed by atoms with Gasteiger partial charge in [-0.3, -0.25) is 9.59 Å². The lowest BCUT2D eigenvalue weighted by molar-refractivity contribution is -0.195. The van der Waals surface area contributed by atoms with E-state index in [2.05, 4.69) is 0 Å². The highest BCUT2D eigenvalue weighted by Crippen LogP contribution is 2.61. The summed E-state index contributed by atoms with van der Waals surface area (Å²) < 4.78 is 13.0. The number of hydrogen-bond acceptors (Lipinski definition) is 5. The fourth-order valence-corrected chi connectivity index (χ4v) is 6.70. The van der Waals surface area contributed by atoms with Crippen LogP contribution in [0, 0.1) is 31.1 Å². The summed E-state index contributed by atoms with van der Waals surface area (Å²) in [7, 11) is 0. The Kier molecular flexibility index (Phi) is 4.47. The van der Waals surface area contributed by atoms with Crippen LogP contribution in [0.1, 0.15) is 66.0 Å². The van der Waals surface area contributed by atoms with Crippen LogP contribution in [0.4, 0.5) is 0 Å². The SMILES string of the molecule is Cc1cc(C(=O)COC(=O)C23C[C@@H]4C[C@@H](CC(O)(C4)C2)C3)c(C)n1Cc1ccco1. The number of carbonyl (C=O) groups excluding carboxylic acids is 2. The maximum absolute atomic E-state index is 13.0. The number of Topliss-reactive ketones (excluding diaryl/α,β-unsaturated/α-hetero) is 1. The molecule has 160 valence electrons. The van der Waals surface area contributed by atoms with Crippen LogP contribution in [0.5, 0.6) is 0 Å². The molecule has 0 saturated heterocycles. The van der Waals surface area contributed by atoms with E-state index < -0.39 is 11.0 Å². The van der Waals surface area contributed by atoms with Gasteiger partial charge < -0.3 is 18.8 Å².